The predicted molar refractivity (Wildman–Crippen MR) is 99.8 cm³/mol. The van der Waals surface area contributed by atoms with Crippen molar-refractivity contribution < 1.29 is 13.2 Å². The van der Waals surface area contributed by atoms with E-state index in [-0.39, 0.29) is 6.10 Å². The molecule has 3 heterocycles. The molecule has 1 aromatic carbocycles. The molecular weight excluding hydrogens is 336 g/mol. The highest BCUT2D eigenvalue weighted by molar-refractivity contribution is 7.91. The summed E-state index contributed by atoms with van der Waals surface area (Å²) in [6.45, 7) is 3.11. The minimum atomic E-state index is -2.75. The molecule has 6 heteroatoms. The van der Waals surface area contributed by atoms with Crippen molar-refractivity contribution in [2.24, 2.45) is 5.92 Å². The molecule has 2 aliphatic heterocycles. The van der Waals surface area contributed by atoms with Crippen molar-refractivity contribution in [2.75, 3.05) is 31.1 Å². The lowest BCUT2D eigenvalue weighted by Gasteiger charge is -2.35. The number of ether oxygens (including phenoxy) is 1. The third-order valence-corrected chi connectivity index (χ3v) is 7.29. The van der Waals surface area contributed by atoms with Crippen LogP contribution in [-0.2, 0) is 9.84 Å². The van der Waals surface area contributed by atoms with Gasteiger partial charge < -0.3 is 14.6 Å². The van der Waals surface area contributed by atoms with E-state index < -0.39 is 9.84 Å². The average molecular weight is 362 g/mol. The standard InChI is InChI=1S/C19H26N2O3S/c22-25(23)12-7-15(8-13-25)14-21-10-5-16(6-11-21)24-19-3-1-2-18-17(19)4-9-20-18/h1-4,9,15-16,20H,5-8,10-14H2. The largest absolute Gasteiger partial charge is 0.490 e. The minimum Gasteiger partial charge on any atom is -0.490 e. The van der Waals surface area contributed by atoms with E-state index in [0.717, 1.165) is 62.0 Å². The number of likely N-dealkylation sites (tertiary alicyclic amines) is 1. The van der Waals surface area contributed by atoms with E-state index in [1.54, 1.807) is 0 Å². The number of fused-ring (bicyclic) bond motifs is 1. The Bertz CT molecular complexity index is 808. The number of hydrogen-bond donors (Lipinski definition) is 1. The van der Waals surface area contributed by atoms with Crippen LogP contribution in [0.4, 0.5) is 0 Å². The van der Waals surface area contributed by atoms with Gasteiger partial charge in [0.2, 0.25) is 0 Å². The van der Waals surface area contributed by atoms with Crippen LogP contribution in [0.5, 0.6) is 5.75 Å². The van der Waals surface area contributed by atoms with Crippen LogP contribution in [0.25, 0.3) is 10.9 Å². The van der Waals surface area contributed by atoms with Crippen molar-refractivity contribution in [3.63, 3.8) is 0 Å². The Morgan fingerprint density at radius 1 is 1.08 bits per heavy atom. The summed E-state index contributed by atoms with van der Waals surface area (Å²) >= 11 is 0. The topological polar surface area (TPSA) is 62.4 Å². The zero-order valence-electron chi connectivity index (χ0n) is 14.5. The third-order valence-electron chi connectivity index (χ3n) is 5.57. The summed E-state index contributed by atoms with van der Waals surface area (Å²) in [5.41, 5.74) is 1.11. The van der Waals surface area contributed by atoms with Gasteiger partial charge in [-0.1, -0.05) is 6.07 Å². The lowest BCUT2D eigenvalue weighted by molar-refractivity contribution is 0.0910. The van der Waals surface area contributed by atoms with Gasteiger partial charge >= 0.3 is 0 Å². The molecule has 0 saturated carbocycles. The smallest absolute Gasteiger partial charge is 0.150 e. The number of aromatic amines is 1. The molecule has 0 spiro atoms. The van der Waals surface area contributed by atoms with Crippen molar-refractivity contribution in [3.8, 4) is 5.75 Å². The summed E-state index contributed by atoms with van der Waals surface area (Å²) in [7, 11) is -2.75. The van der Waals surface area contributed by atoms with Gasteiger partial charge in [0.15, 0.2) is 0 Å². The average Bonchev–Trinajstić information content (AvgIpc) is 3.08. The van der Waals surface area contributed by atoms with Crippen LogP contribution in [0.2, 0.25) is 0 Å². The second-order valence-corrected chi connectivity index (χ2v) is 9.71. The zero-order valence-corrected chi connectivity index (χ0v) is 15.3. The minimum absolute atomic E-state index is 0.267. The van der Waals surface area contributed by atoms with E-state index in [0.29, 0.717) is 17.4 Å². The molecule has 2 aliphatic rings. The molecule has 0 atom stereocenters. The maximum atomic E-state index is 11.5. The van der Waals surface area contributed by atoms with Crippen molar-refractivity contribution in [1.29, 1.82) is 0 Å². The molecule has 5 nitrogen and oxygen atoms in total. The highest BCUT2D eigenvalue weighted by Crippen LogP contribution is 2.28. The fourth-order valence-corrected chi connectivity index (χ4v) is 5.62. The molecular formula is C19H26N2O3S. The van der Waals surface area contributed by atoms with Crippen LogP contribution in [0.1, 0.15) is 25.7 Å². The van der Waals surface area contributed by atoms with Gasteiger partial charge in [-0.25, -0.2) is 8.42 Å². The number of piperidine rings is 1. The summed E-state index contributed by atoms with van der Waals surface area (Å²) in [4.78, 5) is 5.71. The zero-order chi connectivity index (χ0) is 17.3. The van der Waals surface area contributed by atoms with E-state index in [1.807, 2.05) is 18.3 Å². The monoisotopic (exact) mass is 362 g/mol. The number of benzene rings is 1. The van der Waals surface area contributed by atoms with E-state index >= 15 is 0 Å². The first-order valence-corrected chi connectivity index (χ1v) is 11.1. The van der Waals surface area contributed by atoms with Crippen LogP contribution in [0.15, 0.2) is 30.5 Å². The second-order valence-electron chi connectivity index (χ2n) is 7.41. The molecule has 2 saturated heterocycles. The van der Waals surface area contributed by atoms with E-state index in [2.05, 4.69) is 22.0 Å². The van der Waals surface area contributed by atoms with Crippen molar-refractivity contribution >= 4 is 20.7 Å². The predicted octanol–water partition coefficient (Wildman–Crippen LogP) is 2.84. The third kappa shape index (κ3) is 4.01. The molecule has 1 aromatic heterocycles. The Labute approximate surface area is 149 Å². The first kappa shape index (κ1) is 16.9. The van der Waals surface area contributed by atoms with Gasteiger partial charge in [0.25, 0.3) is 0 Å². The first-order valence-electron chi connectivity index (χ1n) is 9.25. The Hall–Kier alpha value is -1.53. The second kappa shape index (κ2) is 7.00. The van der Waals surface area contributed by atoms with Crippen molar-refractivity contribution in [2.45, 2.75) is 31.8 Å². The highest BCUT2D eigenvalue weighted by Gasteiger charge is 2.27. The van der Waals surface area contributed by atoms with E-state index in [4.69, 9.17) is 4.74 Å². The number of hydrogen-bond acceptors (Lipinski definition) is 4. The molecule has 4 rings (SSSR count). The molecule has 25 heavy (non-hydrogen) atoms. The van der Waals surface area contributed by atoms with Crippen LogP contribution in [0.3, 0.4) is 0 Å². The molecule has 2 fully saturated rings. The summed E-state index contributed by atoms with van der Waals surface area (Å²) in [6, 6.07) is 8.21. The maximum absolute atomic E-state index is 11.5. The highest BCUT2D eigenvalue weighted by atomic mass is 32.2. The van der Waals surface area contributed by atoms with Gasteiger partial charge in [-0.2, -0.15) is 0 Å². The molecule has 0 unspecified atom stereocenters. The first-order chi connectivity index (χ1) is 12.1. The van der Waals surface area contributed by atoms with Crippen molar-refractivity contribution in [1.82, 2.24) is 9.88 Å². The summed E-state index contributed by atoms with van der Waals surface area (Å²) in [5.74, 6) is 2.25. The van der Waals surface area contributed by atoms with E-state index in [1.165, 1.54) is 0 Å². The Morgan fingerprint density at radius 2 is 1.84 bits per heavy atom. The normalized spacial score (nSPS) is 23.0. The number of rotatable bonds is 4. The SMILES string of the molecule is O=S1(=O)CCC(CN2CCC(Oc3cccc4[nH]ccc34)CC2)CC1. The summed E-state index contributed by atoms with van der Waals surface area (Å²) < 4.78 is 29.4. The molecule has 0 aliphatic carbocycles. The van der Waals surface area contributed by atoms with Crippen molar-refractivity contribution in [3.05, 3.63) is 30.5 Å². The number of H-pyrrole nitrogens is 1. The summed E-state index contributed by atoms with van der Waals surface area (Å²) in [6.07, 6.45) is 5.94. The molecule has 0 amide bonds. The molecule has 0 bridgehead atoms. The quantitative estimate of drug-likeness (QED) is 0.908. The van der Waals surface area contributed by atoms with Gasteiger partial charge in [-0.15, -0.1) is 0 Å². The lowest BCUT2D eigenvalue weighted by atomic mass is 10.00. The van der Waals surface area contributed by atoms with Gasteiger partial charge in [-0.05, 0) is 49.8 Å². The van der Waals surface area contributed by atoms with Gasteiger partial charge in [-0.3, -0.25) is 0 Å². The fraction of sp³-hybridized carbons (Fsp3) is 0.579. The molecule has 1 N–H and O–H groups in total. The lowest BCUT2D eigenvalue weighted by Crippen LogP contribution is -2.42. The fourth-order valence-electron chi connectivity index (χ4n) is 4.04. The van der Waals surface area contributed by atoms with Gasteiger partial charge in [0.1, 0.15) is 21.7 Å². The van der Waals surface area contributed by atoms with Crippen LogP contribution in [0, 0.1) is 5.92 Å². The van der Waals surface area contributed by atoms with Crippen LogP contribution in [-0.4, -0.2) is 55.5 Å². The van der Waals surface area contributed by atoms with Gasteiger partial charge in [0.05, 0.1) is 11.5 Å². The van der Waals surface area contributed by atoms with E-state index in [9.17, 15) is 8.42 Å². The van der Waals surface area contributed by atoms with Gasteiger partial charge in [0, 0.05) is 36.7 Å². The number of nitrogens with one attached hydrogen (secondary N) is 1. The Morgan fingerprint density at radius 3 is 2.60 bits per heavy atom. The number of sulfone groups is 1. The molecule has 2 aromatic rings. The van der Waals surface area contributed by atoms with Crippen LogP contribution < -0.4 is 4.74 Å². The molecule has 0 radical (unpaired) electrons. The summed E-state index contributed by atoms with van der Waals surface area (Å²) in [5, 5.41) is 1.15. The molecule has 136 valence electrons. The number of nitrogens with zero attached hydrogens (tertiary/aromatic N) is 1. The Kier molecular flexibility index (Phi) is 4.73. The number of aromatic nitrogens is 1. The maximum Gasteiger partial charge on any atom is 0.150 e. The Balaban J connectivity index is 1.28. The van der Waals surface area contributed by atoms with Crippen LogP contribution >= 0.6 is 0 Å².